The molecule has 0 bridgehead atoms. The molecule has 0 spiro atoms. The fourth-order valence-corrected chi connectivity index (χ4v) is 4.76. The SMILES string of the molecule is [B]c1ccc(NC(=O)N2CC(OC)CC2C(=O)Nc2ccc3c(c2)C(C)CN(C)CC3)cc1. The molecule has 1 saturated heterocycles. The number of urea groups is 1. The monoisotopic (exact) mass is 446 g/mol. The molecule has 172 valence electrons. The van der Waals surface area contributed by atoms with E-state index in [9.17, 15) is 9.59 Å². The Balaban J connectivity index is 1.48. The van der Waals surface area contributed by atoms with Gasteiger partial charge in [0.05, 0.1) is 6.10 Å². The standard InChI is InChI=1S/C25H31BN4O3/c1-16-14-29(2)11-10-17-4-7-20(12-22(16)17)27-24(31)23-13-21(33-3)15-30(23)25(32)28-19-8-5-18(26)6-9-19/h4-9,12,16,21,23H,10-11,13-15H2,1-3H3,(H,27,31)(H,28,32). The number of rotatable bonds is 4. The zero-order valence-corrected chi connectivity index (χ0v) is 19.5. The summed E-state index contributed by atoms with van der Waals surface area (Å²) in [6, 6.07) is 12.1. The molecule has 2 radical (unpaired) electrons. The van der Waals surface area contributed by atoms with Crippen LogP contribution in [0.3, 0.4) is 0 Å². The maximum absolute atomic E-state index is 13.2. The van der Waals surface area contributed by atoms with Gasteiger partial charge in [0.25, 0.3) is 0 Å². The van der Waals surface area contributed by atoms with Crippen LogP contribution in [0.25, 0.3) is 0 Å². The lowest BCUT2D eigenvalue weighted by Gasteiger charge is -2.24. The Labute approximate surface area is 196 Å². The molecule has 0 aliphatic carbocycles. The molecule has 0 saturated carbocycles. The van der Waals surface area contributed by atoms with E-state index in [0.29, 0.717) is 30.0 Å². The molecule has 2 aromatic carbocycles. The summed E-state index contributed by atoms with van der Waals surface area (Å²) in [6.07, 6.45) is 1.26. The van der Waals surface area contributed by atoms with Crippen molar-refractivity contribution in [1.82, 2.24) is 9.80 Å². The Morgan fingerprint density at radius 1 is 1.06 bits per heavy atom. The molecule has 3 atom stereocenters. The van der Waals surface area contributed by atoms with Crippen molar-refractivity contribution in [3.8, 4) is 0 Å². The molecule has 7 nitrogen and oxygen atoms in total. The molecule has 3 unspecified atom stereocenters. The normalized spacial score (nSPS) is 23.0. The summed E-state index contributed by atoms with van der Waals surface area (Å²) in [5.41, 5.74) is 4.60. The zero-order valence-electron chi connectivity index (χ0n) is 19.5. The summed E-state index contributed by atoms with van der Waals surface area (Å²) in [4.78, 5) is 30.1. The number of likely N-dealkylation sites (tertiary alicyclic amines) is 1. The zero-order chi connectivity index (χ0) is 23.5. The number of carbonyl (C=O) groups is 2. The highest BCUT2D eigenvalue weighted by Gasteiger charge is 2.40. The summed E-state index contributed by atoms with van der Waals surface area (Å²) in [6.45, 7) is 4.59. The fraction of sp³-hybridized carbons (Fsp3) is 0.440. The smallest absolute Gasteiger partial charge is 0.322 e. The molecule has 3 amide bonds. The summed E-state index contributed by atoms with van der Waals surface area (Å²) in [5.74, 6) is 0.177. The lowest BCUT2D eigenvalue weighted by atomic mass is 9.94. The third kappa shape index (κ3) is 5.39. The van der Waals surface area contributed by atoms with Crippen LogP contribution in [-0.2, 0) is 16.0 Å². The van der Waals surface area contributed by atoms with E-state index in [2.05, 4.69) is 41.6 Å². The van der Waals surface area contributed by atoms with E-state index in [1.54, 1.807) is 36.3 Å². The molecular weight excluding hydrogens is 415 g/mol. The van der Waals surface area contributed by atoms with E-state index in [1.165, 1.54) is 11.1 Å². The van der Waals surface area contributed by atoms with Crippen LogP contribution in [0.5, 0.6) is 0 Å². The predicted octanol–water partition coefficient (Wildman–Crippen LogP) is 2.33. The number of nitrogens with one attached hydrogen (secondary N) is 2. The molecular formula is C25H31BN4O3. The molecule has 2 aliphatic rings. The second kappa shape index (κ2) is 9.97. The Morgan fingerprint density at radius 3 is 2.52 bits per heavy atom. The van der Waals surface area contributed by atoms with Gasteiger partial charge in [-0.05, 0) is 54.8 Å². The largest absolute Gasteiger partial charge is 0.380 e. The van der Waals surface area contributed by atoms with Crippen molar-refractivity contribution < 1.29 is 14.3 Å². The minimum atomic E-state index is -0.619. The third-order valence-electron chi connectivity index (χ3n) is 6.61. The van der Waals surface area contributed by atoms with Crippen molar-refractivity contribution in [2.24, 2.45) is 0 Å². The summed E-state index contributed by atoms with van der Waals surface area (Å²) >= 11 is 0. The molecule has 2 N–H and O–H groups in total. The highest BCUT2D eigenvalue weighted by molar-refractivity contribution is 6.32. The molecule has 0 aromatic heterocycles. The van der Waals surface area contributed by atoms with Gasteiger partial charge in [0.15, 0.2) is 0 Å². The van der Waals surface area contributed by atoms with Gasteiger partial charge in [0.1, 0.15) is 13.9 Å². The van der Waals surface area contributed by atoms with Crippen molar-refractivity contribution in [3.05, 3.63) is 53.6 Å². The topological polar surface area (TPSA) is 73.9 Å². The van der Waals surface area contributed by atoms with Crippen molar-refractivity contribution in [3.63, 3.8) is 0 Å². The minimum absolute atomic E-state index is 0.194. The molecule has 2 aliphatic heterocycles. The van der Waals surface area contributed by atoms with Gasteiger partial charge in [-0.1, -0.05) is 30.6 Å². The van der Waals surface area contributed by atoms with Crippen LogP contribution in [0.4, 0.5) is 16.2 Å². The van der Waals surface area contributed by atoms with Crippen molar-refractivity contribution in [2.45, 2.75) is 37.8 Å². The lowest BCUT2D eigenvalue weighted by Crippen LogP contribution is -2.45. The summed E-state index contributed by atoms with van der Waals surface area (Å²) < 4.78 is 5.48. The van der Waals surface area contributed by atoms with E-state index in [0.717, 1.165) is 25.2 Å². The second-order valence-electron chi connectivity index (χ2n) is 9.13. The fourth-order valence-electron chi connectivity index (χ4n) is 4.76. The van der Waals surface area contributed by atoms with Crippen molar-refractivity contribution in [1.29, 1.82) is 0 Å². The number of carbonyl (C=O) groups excluding carboxylic acids is 2. The minimum Gasteiger partial charge on any atom is -0.380 e. The highest BCUT2D eigenvalue weighted by Crippen LogP contribution is 2.29. The molecule has 33 heavy (non-hydrogen) atoms. The van der Waals surface area contributed by atoms with E-state index in [-0.39, 0.29) is 18.0 Å². The quantitative estimate of drug-likeness (QED) is 0.708. The van der Waals surface area contributed by atoms with Crippen LogP contribution >= 0.6 is 0 Å². The molecule has 2 heterocycles. The lowest BCUT2D eigenvalue weighted by molar-refractivity contribution is -0.119. The first-order valence-corrected chi connectivity index (χ1v) is 11.4. The van der Waals surface area contributed by atoms with Gasteiger partial charge in [-0.2, -0.15) is 0 Å². The van der Waals surface area contributed by atoms with E-state index < -0.39 is 6.04 Å². The first kappa shape index (κ1) is 23.3. The summed E-state index contributed by atoms with van der Waals surface area (Å²) in [5, 5.41) is 5.89. The van der Waals surface area contributed by atoms with Gasteiger partial charge in [-0.15, -0.1) is 0 Å². The molecule has 1 fully saturated rings. The molecule has 4 rings (SSSR count). The maximum Gasteiger partial charge on any atom is 0.322 e. The average Bonchev–Trinajstić information content (AvgIpc) is 3.19. The van der Waals surface area contributed by atoms with Crippen molar-refractivity contribution >= 4 is 36.6 Å². The molecule has 8 heteroatoms. The van der Waals surface area contributed by atoms with E-state index >= 15 is 0 Å². The number of hydrogen-bond donors (Lipinski definition) is 2. The predicted molar refractivity (Wildman–Crippen MR) is 131 cm³/mol. The number of benzene rings is 2. The van der Waals surface area contributed by atoms with Crippen molar-refractivity contribution in [2.75, 3.05) is 44.4 Å². The van der Waals surface area contributed by atoms with E-state index in [4.69, 9.17) is 12.6 Å². The highest BCUT2D eigenvalue weighted by atomic mass is 16.5. The number of hydrogen-bond acceptors (Lipinski definition) is 4. The van der Waals surface area contributed by atoms with Crippen LogP contribution in [0, 0.1) is 0 Å². The Morgan fingerprint density at radius 2 is 1.79 bits per heavy atom. The number of amides is 3. The van der Waals surface area contributed by atoms with Crippen LogP contribution in [0.2, 0.25) is 0 Å². The summed E-state index contributed by atoms with van der Waals surface area (Å²) in [7, 11) is 9.47. The van der Waals surface area contributed by atoms with Crippen LogP contribution in [0.15, 0.2) is 42.5 Å². The maximum atomic E-state index is 13.2. The average molecular weight is 446 g/mol. The van der Waals surface area contributed by atoms with Gasteiger partial charge in [-0.25, -0.2) is 4.79 Å². The molecule has 2 aromatic rings. The van der Waals surface area contributed by atoms with Gasteiger partial charge in [-0.3, -0.25) is 4.79 Å². The van der Waals surface area contributed by atoms with Gasteiger partial charge < -0.3 is 25.2 Å². The Bertz CT molecular complexity index is 1010. The Hall–Kier alpha value is -2.84. The first-order valence-electron chi connectivity index (χ1n) is 11.4. The Kier molecular flexibility index (Phi) is 7.05. The van der Waals surface area contributed by atoms with Gasteiger partial charge >= 0.3 is 6.03 Å². The van der Waals surface area contributed by atoms with Crippen LogP contribution in [-0.4, -0.2) is 75.5 Å². The number of likely N-dealkylation sites (N-methyl/N-ethyl adjacent to an activating group) is 1. The first-order chi connectivity index (χ1) is 15.8. The third-order valence-corrected chi connectivity index (χ3v) is 6.61. The number of ether oxygens (including phenoxy) is 1. The van der Waals surface area contributed by atoms with Gasteiger partial charge in [0.2, 0.25) is 5.91 Å². The second-order valence-corrected chi connectivity index (χ2v) is 9.13. The van der Waals surface area contributed by atoms with Gasteiger partial charge in [0, 0.05) is 44.5 Å². The number of methoxy groups -OCH3 is 1. The number of fused-ring (bicyclic) bond motifs is 1. The number of nitrogens with zero attached hydrogens (tertiary/aromatic N) is 2. The van der Waals surface area contributed by atoms with Crippen LogP contribution < -0.4 is 16.1 Å². The number of anilines is 2. The van der Waals surface area contributed by atoms with E-state index in [1.807, 2.05) is 6.07 Å². The van der Waals surface area contributed by atoms with Crippen LogP contribution in [0.1, 0.15) is 30.4 Å².